The van der Waals surface area contributed by atoms with Crippen LogP contribution >= 0.6 is 0 Å². The van der Waals surface area contributed by atoms with E-state index in [1.165, 1.54) is 5.56 Å². The SMILES string of the molecule is C=CCNc1nncc(Nc2ccccc2C(C)(C)C)n1. The fourth-order valence-corrected chi connectivity index (χ4v) is 1.99. The largest absolute Gasteiger partial charge is 0.349 e. The van der Waals surface area contributed by atoms with Crippen LogP contribution < -0.4 is 10.6 Å². The molecule has 0 aliphatic rings. The summed E-state index contributed by atoms with van der Waals surface area (Å²) in [5, 5.41) is 14.2. The Bertz CT molecular complexity index is 616. The molecule has 2 rings (SSSR count). The second kappa shape index (κ2) is 6.35. The van der Waals surface area contributed by atoms with Gasteiger partial charge in [0.05, 0.1) is 6.20 Å². The topological polar surface area (TPSA) is 62.7 Å². The van der Waals surface area contributed by atoms with E-state index in [0.29, 0.717) is 18.3 Å². The minimum absolute atomic E-state index is 0.0496. The van der Waals surface area contributed by atoms with E-state index in [4.69, 9.17) is 0 Å². The van der Waals surface area contributed by atoms with Gasteiger partial charge in [0, 0.05) is 12.2 Å². The van der Waals surface area contributed by atoms with Crippen molar-refractivity contribution in [2.45, 2.75) is 26.2 Å². The fraction of sp³-hybridized carbons (Fsp3) is 0.312. The van der Waals surface area contributed by atoms with Crippen molar-refractivity contribution in [1.29, 1.82) is 0 Å². The highest BCUT2D eigenvalue weighted by molar-refractivity contribution is 5.62. The van der Waals surface area contributed by atoms with Crippen LogP contribution in [-0.4, -0.2) is 21.7 Å². The molecule has 0 aliphatic heterocycles. The van der Waals surface area contributed by atoms with Crippen LogP contribution in [0.1, 0.15) is 26.3 Å². The summed E-state index contributed by atoms with van der Waals surface area (Å²) in [6.07, 6.45) is 3.36. The normalized spacial score (nSPS) is 11.0. The Morgan fingerprint density at radius 1 is 1.24 bits per heavy atom. The first-order chi connectivity index (χ1) is 10.0. The summed E-state index contributed by atoms with van der Waals surface area (Å²) in [6, 6.07) is 8.21. The minimum atomic E-state index is 0.0496. The molecular weight excluding hydrogens is 262 g/mol. The standard InChI is InChI=1S/C16H21N5/c1-5-10-17-15-20-14(11-18-21-15)19-13-9-7-6-8-12(13)16(2,3)4/h5-9,11H,1,10H2,2-4H3,(H2,17,19,20,21). The summed E-state index contributed by atoms with van der Waals surface area (Å²) in [6.45, 7) is 10.8. The van der Waals surface area contributed by atoms with Crippen LogP contribution in [0.15, 0.2) is 43.1 Å². The van der Waals surface area contributed by atoms with Gasteiger partial charge in [0.1, 0.15) is 0 Å². The number of aromatic nitrogens is 3. The second-order valence-corrected chi connectivity index (χ2v) is 5.76. The average molecular weight is 283 g/mol. The third-order valence-electron chi connectivity index (χ3n) is 2.96. The molecule has 110 valence electrons. The maximum absolute atomic E-state index is 4.39. The zero-order valence-corrected chi connectivity index (χ0v) is 12.7. The highest BCUT2D eigenvalue weighted by Gasteiger charge is 2.17. The second-order valence-electron chi connectivity index (χ2n) is 5.76. The summed E-state index contributed by atoms with van der Waals surface area (Å²) in [7, 11) is 0. The smallest absolute Gasteiger partial charge is 0.244 e. The first-order valence-electron chi connectivity index (χ1n) is 6.92. The molecule has 0 aliphatic carbocycles. The fourth-order valence-electron chi connectivity index (χ4n) is 1.99. The molecule has 5 heteroatoms. The van der Waals surface area contributed by atoms with Gasteiger partial charge in [-0.2, -0.15) is 10.1 Å². The Kier molecular flexibility index (Phi) is 4.52. The molecule has 0 unspecified atom stereocenters. The number of benzene rings is 1. The third-order valence-corrected chi connectivity index (χ3v) is 2.96. The molecule has 1 aromatic carbocycles. The number of para-hydroxylation sites is 1. The number of nitrogens with one attached hydrogen (secondary N) is 2. The molecular formula is C16H21N5. The number of anilines is 3. The maximum Gasteiger partial charge on any atom is 0.244 e. The van der Waals surface area contributed by atoms with Crippen LogP contribution in [0.25, 0.3) is 0 Å². The highest BCUT2D eigenvalue weighted by atomic mass is 15.3. The molecule has 0 spiro atoms. The Balaban J connectivity index is 2.24. The third kappa shape index (κ3) is 4.02. The predicted molar refractivity (Wildman–Crippen MR) is 86.9 cm³/mol. The van der Waals surface area contributed by atoms with Crippen molar-refractivity contribution in [1.82, 2.24) is 15.2 Å². The van der Waals surface area contributed by atoms with Crippen molar-refractivity contribution in [2.24, 2.45) is 0 Å². The van der Waals surface area contributed by atoms with Gasteiger partial charge in [-0.3, -0.25) is 0 Å². The quantitative estimate of drug-likeness (QED) is 0.822. The molecule has 5 nitrogen and oxygen atoms in total. The predicted octanol–water partition coefficient (Wildman–Crippen LogP) is 3.51. The van der Waals surface area contributed by atoms with Crippen molar-refractivity contribution < 1.29 is 0 Å². The van der Waals surface area contributed by atoms with Crippen molar-refractivity contribution >= 4 is 17.5 Å². The number of rotatable bonds is 5. The van der Waals surface area contributed by atoms with Gasteiger partial charge in [0.2, 0.25) is 5.95 Å². The number of hydrogen-bond acceptors (Lipinski definition) is 5. The van der Waals surface area contributed by atoms with E-state index in [1.807, 2.05) is 18.2 Å². The van der Waals surface area contributed by atoms with Gasteiger partial charge in [0.25, 0.3) is 0 Å². The van der Waals surface area contributed by atoms with E-state index in [2.05, 4.69) is 59.2 Å². The van der Waals surface area contributed by atoms with Crippen LogP contribution in [0.3, 0.4) is 0 Å². The van der Waals surface area contributed by atoms with Crippen molar-refractivity contribution in [2.75, 3.05) is 17.2 Å². The molecule has 2 N–H and O–H groups in total. The lowest BCUT2D eigenvalue weighted by Crippen LogP contribution is -2.14. The number of nitrogens with zero attached hydrogens (tertiary/aromatic N) is 3. The Labute approximate surface area is 125 Å². The van der Waals surface area contributed by atoms with Crippen molar-refractivity contribution in [3.05, 3.63) is 48.7 Å². The molecule has 21 heavy (non-hydrogen) atoms. The van der Waals surface area contributed by atoms with Gasteiger partial charge in [-0.15, -0.1) is 11.7 Å². The van der Waals surface area contributed by atoms with Crippen LogP contribution in [0.5, 0.6) is 0 Å². The van der Waals surface area contributed by atoms with E-state index in [1.54, 1.807) is 12.3 Å². The molecule has 0 saturated heterocycles. The van der Waals surface area contributed by atoms with Crippen LogP contribution in [-0.2, 0) is 5.41 Å². The minimum Gasteiger partial charge on any atom is -0.349 e. The zero-order chi connectivity index (χ0) is 15.3. The van der Waals surface area contributed by atoms with Gasteiger partial charge in [-0.05, 0) is 17.0 Å². The Hall–Kier alpha value is -2.43. The Morgan fingerprint density at radius 3 is 2.71 bits per heavy atom. The summed E-state index contributed by atoms with van der Waals surface area (Å²) in [4.78, 5) is 4.39. The van der Waals surface area contributed by atoms with Gasteiger partial charge >= 0.3 is 0 Å². The Morgan fingerprint density at radius 2 is 2.00 bits per heavy atom. The van der Waals surface area contributed by atoms with Gasteiger partial charge in [0.15, 0.2) is 5.82 Å². The molecule has 0 radical (unpaired) electrons. The van der Waals surface area contributed by atoms with E-state index in [-0.39, 0.29) is 5.41 Å². The molecule has 1 heterocycles. The maximum atomic E-state index is 4.39. The van der Waals surface area contributed by atoms with Gasteiger partial charge < -0.3 is 10.6 Å². The molecule has 0 atom stereocenters. The van der Waals surface area contributed by atoms with Crippen molar-refractivity contribution in [3.8, 4) is 0 Å². The van der Waals surface area contributed by atoms with Crippen LogP contribution in [0, 0.1) is 0 Å². The summed E-state index contributed by atoms with van der Waals surface area (Å²) < 4.78 is 0. The van der Waals surface area contributed by atoms with Gasteiger partial charge in [-0.25, -0.2) is 0 Å². The lowest BCUT2D eigenvalue weighted by molar-refractivity contribution is 0.592. The van der Waals surface area contributed by atoms with Gasteiger partial charge in [-0.1, -0.05) is 45.0 Å². The molecule has 0 bridgehead atoms. The monoisotopic (exact) mass is 283 g/mol. The summed E-state index contributed by atoms with van der Waals surface area (Å²) in [5.74, 6) is 1.14. The first-order valence-corrected chi connectivity index (χ1v) is 6.92. The molecule has 0 amide bonds. The first kappa shape index (κ1) is 15.0. The van der Waals surface area contributed by atoms with E-state index < -0.39 is 0 Å². The van der Waals surface area contributed by atoms with E-state index >= 15 is 0 Å². The number of hydrogen-bond donors (Lipinski definition) is 2. The lowest BCUT2D eigenvalue weighted by atomic mass is 9.86. The van der Waals surface area contributed by atoms with E-state index in [9.17, 15) is 0 Å². The van der Waals surface area contributed by atoms with Crippen molar-refractivity contribution in [3.63, 3.8) is 0 Å². The summed E-state index contributed by atoms with van der Waals surface area (Å²) >= 11 is 0. The van der Waals surface area contributed by atoms with E-state index in [0.717, 1.165) is 5.69 Å². The summed E-state index contributed by atoms with van der Waals surface area (Å²) in [5.41, 5.74) is 2.30. The molecule has 0 fully saturated rings. The molecule has 2 aromatic rings. The van der Waals surface area contributed by atoms with Crippen LogP contribution in [0.2, 0.25) is 0 Å². The highest BCUT2D eigenvalue weighted by Crippen LogP contribution is 2.30. The lowest BCUT2D eigenvalue weighted by Gasteiger charge is -2.23. The zero-order valence-electron chi connectivity index (χ0n) is 12.7. The van der Waals surface area contributed by atoms with Crippen LogP contribution in [0.4, 0.5) is 17.5 Å². The average Bonchev–Trinajstić information content (AvgIpc) is 2.45. The molecule has 1 aromatic heterocycles. The molecule has 0 saturated carbocycles.